The Morgan fingerprint density at radius 3 is 2.52 bits per heavy atom. The average Bonchev–Trinajstić information content (AvgIpc) is 2.92. The number of rotatable bonds is 3. The third kappa shape index (κ3) is 2.70. The second-order valence-electron chi connectivity index (χ2n) is 6.33. The molecule has 0 aliphatic carbocycles. The predicted molar refractivity (Wildman–Crippen MR) is 104 cm³/mol. The first-order valence-corrected chi connectivity index (χ1v) is 8.54. The van der Waals surface area contributed by atoms with Gasteiger partial charge in [-0.1, -0.05) is 30.3 Å². The molecular formula is C21H17N5O. The summed E-state index contributed by atoms with van der Waals surface area (Å²) < 4.78 is 3.41. The minimum absolute atomic E-state index is 0.0999. The molecule has 0 saturated carbocycles. The summed E-state index contributed by atoms with van der Waals surface area (Å²) in [4.78, 5) is 21.7. The quantitative estimate of drug-likeness (QED) is 0.566. The normalized spacial score (nSPS) is 10.9. The fraction of sp³-hybridized carbons (Fsp3) is 0.143. The molecule has 0 aliphatic heterocycles. The molecule has 27 heavy (non-hydrogen) atoms. The molecule has 2 heterocycles. The zero-order valence-electron chi connectivity index (χ0n) is 15.0. The topological polar surface area (TPSA) is 76.5 Å². The van der Waals surface area contributed by atoms with E-state index in [1.54, 1.807) is 24.1 Å². The van der Waals surface area contributed by atoms with Crippen molar-refractivity contribution in [1.82, 2.24) is 19.3 Å². The van der Waals surface area contributed by atoms with Crippen molar-refractivity contribution in [1.29, 1.82) is 5.26 Å². The molecule has 132 valence electrons. The molecule has 0 unspecified atom stereocenters. The lowest BCUT2D eigenvalue weighted by atomic mass is 9.95. The molecule has 0 radical (unpaired) electrons. The second kappa shape index (κ2) is 6.54. The first kappa shape index (κ1) is 16.7. The van der Waals surface area contributed by atoms with E-state index in [0.29, 0.717) is 5.56 Å². The van der Waals surface area contributed by atoms with Crippen molar-refractivity contribution in [3.8, 4) is 28.5 Å². The minimum atomic E-state index is -0.0999. The van der Waals surface area contributed by atoms with Crippen LogP contribution in [0.5, 0.6) is 0 Å². The van der Waals surface area contributed by atoms with Gasteiger partial charge in [-0.25, -0.2) is 0 Å². The first-order chi connectivity index (χ1) is 13.1. The maximum atomic E-state index is 13.0. The highest BCUT2D eigenvalue weighted by Gasteiger charge is 2.21. The van der Waals surface area contributed by atoms with Crippen molar-refractivity contribution in [2.24, 2.45) is 14.1 Å². The molecule has 0 spiro atoms. The molecule has 6 heteroatoms. The Balaban J connectivity index is 2.04. The molecule has 2 aromatic heterocycles. The van der Waals surface area contributed by atoms with Crippen LogP contribution < -0.4 is 5.56 Å². The Morgan fingerprint density at radius 1 is 1.00 bits per heavy atom. The van der Waals surface area contributed by atoms with E-state index < -0.39 is 0 Å². The van der Waals surface area contributed by atoms with E-state index in [0.717, 1.165) is 33.4 Å². The molecule has 0 saturated heterocycles. The van der Waals surface area contributed by atoms with Gasteiger partial charge in [-0.3, -0.25) is 24.1 Å². The van der Waals surface area contributed by atoms with Crippen LogP contribution in [-0.4, -0.2) is 19.3 Å². The van der Waals surface area contributed by atoms with Gasteiger partial charge < -0.3 is 0 Å². The summed E-state index contributed by atoms with van der Waals surface area (Å²) in [5.74, 6) is 0. The molecule has 4 rings (SSSR count). The van der Waals surface area contributed by atoms with Crippen molar-refractivity contribution in [3.05, 3.63) is 70.8 Å². The van der Waals surface area contributed by atoms with Crippen molar-refractivity contribution < 1.29 is 0 Å². The SMILES string of the molecule is Cn1c(-c2ccc3nccnc3c2)c(-c2ccccc2CC#N)c(=O)n1C. The predicted octanol–water partition coefficient (Wildman–Crippen LogP) is 3.07. The molecule has 4 aromatic rings. The maximum Gasteiger partial charge on any atom is 0.274 e. The standard InChI is InChI=1S/C21H17N5O/c1-25-20(15-7-8-17-18(13-15)24-12-11-23-17)19(21(27)26(25)2)16-6-4-3-5-14(16)9-10-22/h3-8,11-13H,9H2,1-2H3. The van der Waals surface area contributed by atoms with Gasteiger partial charge in [-0.05, 0) is 23.3 Å². The summed E-state index contributed by atoms with van der Waals surface area (Å²) in [6.45, 7) is 0. The van der Waals surface area contributed by atoms with Crippen molar-refractivity contribution in [3.63, 3.8) is 0 Å². The van der Waals surface area contributed by atoms with Crippen molar-refractivity contribution >= 4 is 11.0 Å². The van der Waals surface area contributed by atoms with E-state index in [-0.39, 0.29) is 12.0 Å². The number of nitriles is 1. The number of fused-ring (bicyclic) bond motifs is 1. The molecule has 2 aromatic carbocycles. The van der Waals surface area contributed by atoms with Gasteiger partial charge in [-0.15, -0.1) is 0 Å². The largest absolute Gasteiger partial charge is 0.285 e. The van der Waals surface area contributed by atoms with E-state index in [9.17, 15) is 10.1 Å². The third-order valence-electron chi connectivity index (χ3n) is 4.82. The molecule has 0 atom stereocenters. The van der Waals surface area contributed by atoms with Crippen molar-refractivity contribution in [2.75, 3.05) is 0 Å². The lowest BCUT2D eigenvalue weighted by molar-refractivity contribution is 0.584. The van der Waals surface area contributed by atoms with Crippen LogP contribution in [0, 0.1) is 11.3 Å². The summed E-state index contributed by atoms with van der Waals surface area (Å²) >= 11 is 0. The van der Waals surface area contributed by atoms with Gasteiger partial charge in [-0.2, -0.15) is 5.26 Å². The number of hydrogen-bond acceptors (Lipinski definition) is 4. The first-order valence-electron chi connectivity index (χ1n) is 8.54. The van der Waals surface area contributed by atoms with Crippen molar-refractivity contribution in [2.45, 2.75) is 6.42 Å². The summed E-state index contributed by atoms with van der Waals surface area (Å²) in [7, 11) is 3.59. The smallest absolute Gasteiger partial charge is 0.274 e. The Hall–Kier alpha value is -3.72. The Kier molecular flexibility index (Phi) is 4.05. The number of hydrogen-bond donors (Lipinski definition) is 0. The lowest BCUT2D eigenvalue weighted by Crippen LogP contribution is -2.17. The lowest BCUT2D eigenvalue weighted by Gasteiger charge is -2.10. The molecular weight excluding hydrogens is 338 g/mol. The van der Waals surface area contributed by atoms with E-state index in [4.69, 9.17) is 0 Å². The Bertz CT molecular complexity index is 1260. The Labute approximate surface area is 155 Å². The molecule has 6 nitrogen and oxygen atoms in total. The summed E-state index contributed by atoms with van der Waals surface area (Å²) in [5, 5.41) is 9.17. The Morgan fingerprint density at radius 2 is 1.74 bits per heavy atom. The van der Waals surface area contributed by atoms with Crippen LogP contribution >= 0.6 is 0 Å². The molecule has 0 bridgehead atoms. The zero-order valence-corrected chi connectivity index (χ0v) is 15.0. The van der Waals surface area contributed by atoms with Crippen LogP contribution in [0.1, 0.15) is 5.56 Å². The van der Waals surface area contributed by atoms with Crippen LogP contribution in [-0.2, 0) is 20.5 Å². The van der Waals surface area contributed by atoms with Crippen LogP contribution in [0.4, 0.5) is 0 Å². The van der Waals surface area contributed by atoms with Gasteiger partial charge in [0.25, 0.3) is 5.56 Å². The van der Waals surface area contributed by atoms with Crippen LogP contribution in [0.3, 0.4) is 0 Å². The van der Waals surface area contributed by atoms with Gasteiger partial charge in [0.05, 0.1) is 34.8 Å². The average molecular weight is 355 g/mol. The summed E-state index contributed by atoms with van der Waals surface area (Å²) in [6, 6.07) is 15.5. The van der Waals surface area contributed by atoms with Gasteiger partial charge in [0.15, 0.2) is 0 Å². The van der Waals surface area contributed by atoms with Gasteiger partial charge in [0.2, 0.25) is 0 Å². The molecule has 0 fully saturated rings. The van der Waals surface area contributed by atoms with Gasteiger partial charge in [0, 0.05) is 32.1 Å². The third-order valence-corrected chi connectivity index (χ3v) is 4.82. The maximum absolute atomic E-state index is 13.0. The minimum Gasteiger partial charge on any atom is -0.285 e. The second-order valence-corrected chi connectivity index (χ2v) is 6.33. The summed E-state index contributed by atoms with van der Waals surface area (Å²) in [5.41, 5.74) is 5.35. The fourth-order valence-corrected chi connectivity index (χ4v) is 3.40. The van der Waals surface area contributed by atoms with Crippen LogP contribution in [0.25, 0.3) is 33.4 Å². The highest BCUT2D eigenvalue weighted by Crippen LogP contribution is 2.32. The van der Waals surface area contributed by atoms with Gasteiger partial charge in [0.1, 0.15) is 0 Å². The molecule has 0 amide bonds. The summed E-state index contributed by atoms with van der Waals surface area (Å²) in [6.07, 6.45) is 3.56. The monoisotopic (exact) mass is 355 g/mol. The van der Waals surface area contributed by atoms with Gasteiger partial charge >= 0.3 is 0 Å². The fourth-order valence-electron chi connectivity index (χ4n) is 3.40. The molecule has 0 N–H and O–H groups in total. The van der Waals surface area contributed by atoms with Crippen LogP contribution in [0.15, 0.2) is 59.7 Å². The van der Waals surface area contributed by atoms with E-state index >= 15 is 0 Å². The number of nitrogens with zero attached hydrogens (tertiary/aromatic N) is 5. The van der Waals surface area contributed by atoms with E-state index in [1.165, 1.54) is 0 Å². The highest BCUT2D eigenvalue weighted by molar-refractivity contribution is 5.87. The van der Waals surface area contributed by atoms with Crippen LogP contribution in [0.2, 0.25) is 0 Å². The highest BCUT2D eigenvalue weighted by atomic mass is 16.1. The number of aromatic nitrogens is 4. The zero-order chi connectivity index (χ0) is 19.0. The number of benzene rings is 2. The van der Waals surface area contributed by atoms with E-state index in [2.05, 4.69) is 16.0 Å². The molecule has 0 aliphatic rings. The van der Waals surface area contributed by atoms with E-state index in [1.807, 2.05) is 54.2 Å².